The largest absolute Gasteiger partial charge is 0.493 e. The molecule has 5 rings (SSSR count). The molecule has 0 fully saturated rings. The number of benzene rings is 2. The van der Waals surface area contributed by atoms with Gasteiger partial charge in [0.25, 0.3) is 0 Å². The number of fused-ring (bicyclic) bond motifs is 2. The fourth-order valence-corrected chi connectivity index (χ4v) is 5.21. The molecule has 0 bridgehead atoms. The second-order valence-corrected chi connectivity index (χ2v) is 9.08. The Morgan fingerprint density at radius 3 is 2.97 bits per heavy atom. The molecule has 2 aromatic carbocycles. The van der Waals surface area contributed by atoms with Crippen LogP contribution in [0.1, 0.15) is 36.5 Å². The molecule has 0 saturated carbocycles. The molecule has 0 radical (unpaired) electrons. The van der Waals surface area contributed by atoms with Crippen molar-refractivity contribution < 1.29 is 4.74 Å². The van der Waals surface area contributed by atoms with Crippen LogP contribution in [0.15, 0.2) is 48.7 Å². The van der Waals surface area contributed by atoms with E-state index in [0.29, 0.717) is 5.92 Å². The molecule has 1 aliphatic heterocycles. The number of aromatic amines is 1. The monoisotopic (exact) mass is 420 g/mol. The van der Waals surface area contributed by atoms with Gasteiger partial charge in [0, 0.05) is 47.3 Å². The maximum atomic E-state index is 6.13. The molecule has 2 aliphatic rings. The molecule has 1 N–H and O–H groups in total. The van der Waals surface area contributed by atoms with Crippen molar-refractivity contribution in [3.63, 3.8) is 0 Å². The third-order valence-corrected chi connectivity index (χ3v) is 6.73. The summed E-state index contributed by atoms with van der Waals surface area (Å²) in [6.45, 7) is 6.28. The van der Waals surface area contributed by atoms with Crippen LogP contribution in [0.4, 0.5) is 0 Å². The number of ether oxygens (including phenoxy) is 1. The normalized spacial score (nSPS) is 19.1. The lowest BCUT2D eigenvalue weighted by Gasteiger charge is -2.28. The van der Waals surface area contributed by atoms with E-state index in [2.05, 4.69) is 53.3 Å². The van der Waals surface area contributed by atoms with E-state index in [-0.39, 0.29) is 0 Å². The van der Waals surface area contributed by atoms with Crippen LogP contribution in [0.25, 0.3) is 16.5 Å². The van der Waals surface area contributed by atoms with Crippen LogP contribution in [-0.2, 0) is 12.8 Å². The van der Waals surface area contributed by atoms with Crippen molar-refractivity contribution in [1.29, 1.82) is 0 Å². The molecule has 4 heteroatoms. The number of nitrogens with one attached hydrogen (secondary N) is 1. The average Bonchev–Trinajstić information content (AvgIpc) is 3.36. The standard InChI is InChI=1S/C26H29ClN2O/c1-2-12-30-26-5-3-4-20-13-18(14-23(20)26)17-29-10-8-19(9-11-29)24-16-28-25-15-21(27)6-7-22(24)25/h3-8,15-16,18,28H,2,9-14,17H2,1H3. The van der Waals surface area contributed by atoms with Crippen LogP contribution in [0.2, 0.25) is 5.02 Å². The van der Waals surface area contributed by atoms with Gasteiger partial charge in [0.1, 0.15) is 5.75 Å². The van der Waals surface area contributed by atoms with Crippen LogP contribution >= 0.6 is 11.6 Å². The van der Waals surface area contributed by atoms with Crippen molar-refractivity contribution in [1.82, 2.24) is 9.88 Å². The first-order valence-electron chi connectivity index (χ1n) is 11.1. The Bertz CT molecular complexity index is 1080. The highest BCUT2D eigenvalue weighted by Crippen LogP contribution is 2.35. The van der Waals surface area contributed by atoms with Gasteiger partial charge in [0.05, 0.1) is 6.61 Å². The quantitative estimate of drug-likeness (QED) is 0.520. The van der Waals surface area contributed by atoms with Gasteiger partial charge in [-0.25, -0.2) is 0 Å². The summed E-state index contributed by atoms with van der Waals surface area (Å²) in [6, 6.07) is 12.7. The third kappa shape index (κ3) is 3.89. The Kier molecular flexibility index (Phi) is 5.58. The van der Waals surface area contributed by atoms with E-state index in [0.717, 1.165) is 61.8 Å². The Labute approximate surface area is 183 Å². The molecule has 0 saturated heterocycles. The molecule has 1 aliphatic carbocycles. The predicted octanol–water partition coefficient (Wildman–Crippen LogP) is 6.11. The predicted molar refractivity (Wildman–Crippen MR) is 125 cm³/mol. The topological polar surface area (TPSA) is 28.3 Å². The number of hydrogen-bond donors (Lipinski definition) is 1. The Balaban J connectivity index is 1.23. The summed E-state index contributed by atoms with van der Waals surface area (Å²) in [6.07, 6.45) is 9.02. The first-order valence-corrected chi connectivity index (χ1v) is 11.5. The first kappa shape index (κ1) is 19.7. The molecule has 30 heavy (non-hydrogen) atoms. The number of hydrogen-bond acceptors (Lipinski definition) is 2. The second-order valence-electron chi connectivity index (χ2n) is 8.65. The van der Waals surface area contributed by atoms with Gasteiger partial charge in [-0.15, -0.1) is 0 Å². The zero-order valence-electron chi connectivity index (χ0n) is 17.6. The number of rotatable bonds is 6. The van der Waals surface area contributed by atoms with Crippen LogP contribution in [-0.4, -0.2) is 36.1 Å². The van der Waals surface area contributed by atoms with E-state index in [1.165, 1.54) is 34.1 Å². The van der Waals surface area contributed by atoms with Gasteiger partial charge in [-0.3, -0.25) is 4.90 Å². The third-order valence-electron chi connectivity index (χ3n) is 6.49. The molecule has 1 aromatic heterocycles. The van der Waals surface area contributed by atoms with Gasteiger partial charge in [-0.1, -0.05) is 42.8 Å². The van der Waals surface area contributed by atoms with Crippen LogP contribution in [0.3, 0.4) is 0 Å². The Morgan fingerprint density at radius 1 is 1.20 bits per heavy atom. The molecule has 1 atom stereocenters. The zero-order chi connectivity index (χ0) is 20.5. The van der Waals surface area contributed by atoms with Crippen molar-refractivity contribution in [3.05, 3.63) is 70.4 Å². The number of halogens is 1. The summed E-state index contributed by atoms with van der Waals surface area (Å²) in [7, 11) is 0. The molecule has 3 nitrogen and oxygen atoms in total. The summed E-state index contributed by atoms with van der Waals surface area (Å²) in [5.41, 5.74) is 6.82. The van der Waals surface area contributed by atoms with Crippen molar-refractivity contribution in [2.24, 2.45) is 5.92 Å². The summed E-state index contributed by atoms with van der Waals surface area (Å²) in [5, 5.41) is 2.05. The van der Waals surface area contributed by atoms with Gasteiger partial charge in [0.2, 0.25) is 0 Å². The van der Waals surface area contributed by atoms with E-state index >= 15 is 0 Å². The highest BCUT2D eigenvalue weighted by atomic mass is 35.5. The fraction of sp³-hybridized carbons (Fsp3) is 0.385. The maximum absolute atomic E-state index is 6.13. The molecular formula is C26H29ClN2O. The highest BCUT2D eigenvalue weighted by molar-refractivity contribution is 6.31. The van der Waals surface area contributed by atoms with Crippen molar-refractivity contribution in [2.75, 3.05) is 26.2 Å². The zero-order valence-corrected chi connectivity index (χ0v) is 18.3. The fourth-order valence-electron chi connectivity index (χ4n) is 5.03. The van der Waals surface area contributed by atoms with Gasteiger partial charge < -0.3 is 9.72 Å². The first-order chi connectivity index (χ1) is 14.7. The molecule has 1 unspecified atom stereocenters. The lowest BCUT2D eigenvalue weighted by atomic mass is 9.97. The van der Waals surface area contributed by atoms with Gasteiger partial charge in [-0.05, 0) is 66.5 Å². The highest BCUT2D eigenvalue weighted by Gasteiger charge is 2.27. The van der Waals surface area contributed by atoms with Crippen molar-refractivity contribution in [2.45, 2.75) is 32.6 Å². The van der Waals surface area contributed by atoms with Crippen LogP contribution in [0.5, 0.6) is 5.75 Å². The summed E-state index contributed by atoms with van der Waals surface area (Å²) in [4.78, 5) is 5.98. The van der Waals surface area contributed by atoms with E-state index in [1.54, 1.807) is 0 Å². The van der Waals surface area contributed by atoms with Crippen molar-refractivity contribution >= 4 is 28.1 Å². The number of aromatic nitrogens is 1. The molecule has 3 aromatic rings. The van der Waals surface area contributed by atoms with Gasteiger partial charge >= 0.3 is 0 Å². The lowest BCUT2D eigenvalue weighted by Crippen LogP contribution is -2.33. The summed E-state index contributed by atoms with van der Waals surface area (Å²) in [5.74, 6) is 1.80. The Hall–Kier alpha value is -2.23. The van der Waals surface area contributed by atoms with E-state index in [1.807, 2.05) is 12.1 Å². The van der Waals surface area contributed by atoms with Crippen molar-refractivity contribution in [3.8, 4) is 5.75 Å². The molecular weight excluding hydrogens is 392 g/mol. The number of H-pyrrole nitrogens is 1. The SMILES string of the molecule is CCCOc1cccc2c1CC(CN1CC=C(c3c[nH]c4cc(Cl)ccc34)CC1)C2. The lowest BCUT2D eigenvalue weighted by molar-refractivity contribution is 0.254. The minimum atomic E-state index is 0.691. The molecule has 156 valence electrons. The van der Waals surface area contributed by atoms with Crippen LogP contribution < -0.4 is 4.74 Å². The second kappa shape index (κ2) is 8.49. The Morgan fingerprint density at radius 2 is 2.13 bits per heavy atom. The molecule has 0 spiro atoms. The molecule has 0 amide bonds. The minimum Gasteiger partial charge on any atom is -0.493 e. The summed E-state index contributed by atoms with van der Waals surface area (Å²) >= 11 is 6.13. The maximum Gasteiger partial charge on any atom is 0.122 e. The smallest absolute Gasteiger partial charge is 0.122 e. The molecule has 2 heterocycles. The number of nitrogens with zero attached hydrogens (tertiary/aromatic N) is 1. The average molecular weight is 421 g/mol. The summed E-state index contributed by atoms with van der Waals surface area (Å²) < 4.78 is 6.00. The van der Waals surface area contributed by atoms with E-state index in [4.69, 9.17) is 16.3 Å². The van der Waals surface area contributed by atoms with Gasteiger partial charge in [-0.2, -0.15) is 0 Å². The van der Waals surface area contributed by atoms with E-state index < -0.39 is 0 Å². The van der Waals surface area contributed by atoms with E-state index in [9.17, 15) is 0 Å². The van der Waals surface area contributed by atoms with Crippen LogP contribution in [0, 0.1) is 5.92 Å². The van der Waals surface area contributed by atoms with Gasteiger partial charge in [0.15, 0.2) is 0 Å². The minimum absolute atomic E-state index is 0.691.